The van der Waals surface area contributed by atoms with Crippen LogP contribution in [0.1, 0.15) is 6.92 Å². The Balaban J connectivity index is 1.76. The highest BCUT2D eigenvalue weighted by atomic mass is 19.1. The summed E-state index contributed by atoms with van der Waals surface area (Å²) in [5.41, 5.74) is 1.34. The van der Waals surface area contributed by atoms with Crippen LogP contribution in [-0.4, -0.2) is 11.9 Å². The minimum atomic E-state index is -0.653. The predicted octanol–water partition coefficient (Wildman–Crippen LogP) is 5.71. The molecule has 5 nitrogen and oxygen atoms in total. The quantitative estimate of drug-likeness (QED) is 0.213. The van der Waals surface area contributed by atoms with Crippen molar-refractivity contribution in [2.24, 2.45) is 0 Å². The molecule has 0 aliphatic carbocycles. The van der Waals surface area contributed by atoms with Crippen LogP contribution in [0.15, 0.2) is 91.9 Å². The summed E-state index contributed by atoms with van der Waals surface area (Å²) in [7, 11) is 0. The normalized spacial score (nSPS) is 10.6. The summed E-state index contributed by atoms with van der Waals surface area (Å²) in [6.07, 6.45) is 3.41. The van der Waals surface area contributed by atoms with Gasteiger partial charge in [-0.05, 0) is 53.6 Å². The van der Waals surface area contributed by atoms with Gasteiger partial charge in [0.2, 0.25) is 0 Å². The van der Waals surface area contributed by atoms with Crippen molar-refractivity contribution in [1.82, 2.24) is 0 Å². The minimum absolute atomic E-state index is 0.107. The molecule has 0 amide bonds. The first-order valence-corrected chi connectivity index (χ1v) is 9.23. The zero-order valence-corrected chi connectivity index (χ0v) is 16.8. The molecule has 3 aromatic rings. The van der Waals surface area contributed by atoms with E-state index in [-0.39, 0.29) is 11.3 Å². The molecule has 0 N–H and O–H groups in total. The molecule has 0 fully saturated rings. The first-order valence-electron chi connectivity index (χ1n) is 9.23. The Morgan fingerprint density at radius 2 is 1.65 bits per heavy atom. The highest BCUT2D eigenvalue weighted by Crippen LogP contribution is 2.30. The number of hydrogen-bond donors (Lipinski definition) is 0. The van der Waals surface area contributed by atoms with E-state index in [1.165, 1.54) is 12.3 Å². The maximum Gasteiger partial charge on any atom is 0.338 e. The van der Waals surface area contributed by atoms with Gasteiger partial charge in [0, 0.05) is 23.3 Å². The molecule has 3 aromatic carbocycles. The molecule has 0 aliphatic rings. The van der Waals surface area contributed by atoms with Crippen molar-refractivity contribution in [3.63, 3.8) is 0 Å². The Morgan fingerprint density at radius 3 is 2.35 bits per heavy atom. The second-order valence-corrected chi connectivity index (χ2v) is 6.57. The number of ether oxygens (including phenoxy) is 3. The molecule has 0 unspecified atom stereocenters. The second-order valence-electron chi connectivity index (χ2n) is 6.57. The van der Waals surface area contributed by atoms with Gasteiger partial charge in [-0.3, -0.25) is 0 Å². The Labute approximate surface area is 178 Å². The van der Waals surface area contributed by atoms with Gasteiger partial charge in [-0.15, -0.1) is 0 Å². The van der Waals surface area contributed by atoms with E-state index in [0.717, 1.165) is 29.2 Å². The lowest BCUT2D eigenvalue weighted by molar-refractivity contribution is -0.133. The van der Waals surface area contributed by atoms with Crippen LogP contribution in [0.4, 0.5) is 4.39 Å². The van der Waals surface area contributed by atoms with Crippen LogP contribution < -0.4 is 9.47 Å². The lowest BCUT2D eigenvalue weighted by Gasteiger charge is -2.09. The Bertz CT molecular complexity index is 1210. The summed E-state index contributed by atoms with van der Waals surface area (Å²) in [5.74, 6) is -1.05. The van der Waals surface area contributed by atoms with E-state index in [1.54, 1.807) is 31.2 Å². The number of fused-ring (bicyclic) bond motifs is 1. The molecule has 0 saturated carbocycles. The lowest BCUT2D eigenvalue weighted by atomic mass is 10.0. The number of carbonyl (C=O) groups is 2. The molecule has 0 radical (unpaired) electrons. The first-order chi connectivity index (χ1) is 14.9. The van der Waals surface area contributed by atoms with Crippen LogP contribution in [0.5, 0.6) is 11.5 Å². The number of hydrogen-bond acceptors (Lipinski definition) is 5. The van der Waals surface area contributed by atoms with Crippen molar-refractivity contribution < 1.29 is 28.2 Å². The average molecular weight is 418 g/mol. The lowest BCUT2D eigenvalue weighted by Crippen LogP contribution is -2.03. The molecular formula is C25H19FO5. The van der Waals surface area contributed by atoms with Crippen LogP contribution >= 0.6 is 0 Å². The Morgan fingerprint density at radius 1 is 0.935 bits per heavy atom. The van der Waals surface area contributed by atoms with E-state index < -0.39 is 17.8 Å². The number of benzene rings is 3. The summed E-state index contributed by atoms with van der Waals surface area (Å²) in [6, 6.07) is 15.1. The van der Waals surface area contributed by atoms with E-state index in [0.29, 0.717) is 16.9 Å². The van der Waals surface area contributed by atoms with E-state index in [1.807, 2.05) is 18.2 Å². The molecule has 156 valence electrons. The summed E-state index contributed by atoms with van der Waals surface area (Å²) >= 11 is 0. The van der Waals surface area contributed by atoms with Gasteiger partial charge in [-0.1, -0.05) is 31.4 Å². The van der Waals surface area contributed by atoms with Gasteiger partial charge in [-0.25, -0.2) is 14.0 Å². The fraction of sp³-hybridized carbons (Fsp3) is 0.0400. The monoisotopic (exact) mass is 418 g/mol. The van der Waals surface area contributed by atoms with Crippen LogP contribution in [-0.2, 0) is 14.3 Å². The number of rotatable bonds is 7. The fourth-order valence-corrected chi connectivity index (χ4v) is 2.71. The smallest absolute Gasteiger partial charge is 0.338 e. The van der Waals surface area contributed by atoms with Crippen LogP contribution in [0.3, 0.4) is 0 Å². The third-order valence-electron chi connectivity index (χ3n) is 4.23. The Kier molecular flexibility index (Phi) is 6.62. The molecule has 31 heavy (non-hydrogen) atoms. The highest BCUT2D eigenvalue weighted by molar-refractivity contribution is 5.89. The number of halogens is 1. The highest BCUT2D eigenvalue weighted by Gasteiger charge is 2.09. The molecule has 3 rings (SSSR count). The number of esters is 2. The van der Waals surface area contributed by atoms with Gasteiger partial charge in [0.25, 0.3) is 0 Å². The van der Waals surface area contributed by atoms with Crippen molar-refractivity contribution in [1.29, 1.82) is 0 Å². The van der Waals surface area contributed by atoms with Crippen molar-refractivity contribution >= 4 is 22.7 Å². The summed E-state index contributed by atoms with van der Waals surface area (Å²) in [4.78, 5) is 22.6. The maximum absolute atomic E-state index is 14.5. The largest absolute Gasteiger partial charge is 0.462 e. The second kappa shape index (κ2) is 9.54. The van der Waals surface area contributed by atoms with Crippen molar-refractivity contribution in [2.75, 3.05) is 0 Å². The molecule has 0 bridgehead atoms. The zero-order valence-electron chi connectivity index (χ0n) is 16.8. The summed E-state index contributed by atoms with van der Waals surface area (Å²) < 4.78 is 29.7. The van der Waals surface area contributed by atoms with E-state index in [2.05, 4.69) is 13.2 Å². The zero-order chi connectivity index (χ0) is 22.4. The van der Waals surface area contributed by atoms with Gasteiger partial charge < -0.3 is 14.2 Å². The average Bonchev–Trinajstić information content (AvgIpc) is 2.76. The van der Waals surface area contributed by atoms with E-state index >= 15 is 0 Å². The SMILES string of the molecule is C=CC(=O)Oc1ccc(-c2ccc3cc(O/C=C\OC(=O)C(=C)C)ccc3c2)c(F)c1. The molecule has 6 heteroatoms. The maximum atomic E-state index is 14.5. The van der Waals surface area contributed by atoms with E-state index in [9.17, 15) is 14.0 Å². The molecular weight excluding hydrogens is 399 g/mol. The molecule has 0 atom stereocenters. The van der Waals surface area contributed by atoms with Crippen molar-refractivity contribution in [3.8, 4) is 22.6 Å². The van der Waals surface area contributed by atoms with Gasteiger partial charge in [0.1, 0.15) is 29.8 Å². The molecule has 0 heterocycles. The van der Waals surface area contributed by atoms with Gasteiger partial charge >= 0.3 is 11.9 Å². The van der Waals surface area contributed by atoms with Crippen molar-refractivity contribution in [2.45, 2.75) is 6.92 Å². The molecule has 0 spiro atoms. The third kappa shape index (κ3) is 5.45. The third-order valence-corrected chi connectivity index (χ3v) is 4.23. The number of carbonyl (C=O) groups excluding carboxylic acids is 2. The van der Waals surface area contributed by atoms with Crippen molar-refractivity contribution in [3.05, 3.63) is 97.7 Å². The van der Waals surface area contributed by atoms with Gasteiger partial charge in [0.15, 0.2) is 0 Å². The van der Waals surface area contributed by atoms with Crippen LogP contribution in [0.25, 0.3) is 21.9 Å². The summed E-state index contributed by atoms with van der Waals surface area (Å²) in [6.45, 7) is 8.34. The van der Waals surface area contributed by atoms with Crippen LogP contribution in [0, 0.1) is 5.82 Å². The van der Waals surface area contributed by atoms with Gasteiger partial charge in [0.05, 0.1) is 0 Å². The fourth-order valence-electron chi connectivity index (χ4n) is 2.71. The summed E-state index contributed by atoms with van der Waals surface area (Å²) in [5, 5.41) is 1.76. The van der Waals surface area contributed by atoms with Crippen LogP contribution in [0.2, 0.25) is 0 Å². The van der Waals surface area contributed by atoms with Gasteiger partial charge in [-0.2, -0.15) is 0 Å². The molecule has 0 aliphatic heterocycles. The first kappa shape index (κ1) is 21.5. The topological polar surface area (TPSA) is 61.8 Å². The predicted molar refractivity (Wildman–Crippen MR) is 116 cm³/mol. The molecule has 0 saturated heterocycles. The molecule has 0 aromatic heterocycles. The minimum Gasteiger partial charge on any atom is -0.462 e. The Hall–Kier alpha value is -4.19. The standard InChI is InChI=1S/C25H19FO5/c1-4-24(27)31-21-9-10-22(23(26)15-21)19-6-5-18-14-20(8-7-17(18)13-19)29-11-12-30-25(28)16(2)3/h4-15H,1-2H2,3H3/b12-11-. The van der Waals surface area contributed by atoms with E-state index in [4.69, 9.17) is 14.2 Å².